The summed E-state index contributed by atoms with van der Waals surface area (Å²) in [4.78, 5) is 15.6. The van der Waals surface area contributed by atoms with Crippen molar-refractivity contribution < 1.29 is 13.2 Å². The fourth-order valence-electron chi connectivity index (χ4n) is 4.96. The molecule has 2 heterocycles. The zero-order valence-electron chi connectivity index (χ0n) is 20.0. The molecule has 0 radical (unpaired) electrons. The maximum atomic E-state index is 13.3. The van der Waals surface area contributed by atoms with Crippen molar-refractivity contribution in [2.24, 2.45) is 5.92 Å². The number of amides is 1. The Kier molecular flexibility index (Phi) is 7.70. The molecular formula is C27H26Cl3N3O3S. The fourth-order valence-corrected chi connectivity index (χ4v) is 7.05. The van der Waals surface area contributed by atoms with Crippen LogP contribution in [0.5, 0.6) is 0 Å². The Morgan fingerprint density at radius 3 is 2.46 bits per heavy atom. The number of halogens is 3. The average molecular weight is 579 g/mol. The van der Waals surface area contributed by atoms with Crippen LogP contribution >= 0.6 is 34.8 Å². The molecule has 6 nitrogen and oxygen atoms in total. The monoisotopic (exact) mass is 577 g/mol. The number of carbonyl (C=O) groups excluding carboxylic acids is 1. The molecule has 3 aromatic carbocycles. The van der Waals surface area contributed by atoms with E-state index in [1.807, 2.05) is 24.3 Å². The first-order valence-corrected chi connectivity index (χ1v) is 14.7. The van der Waals surface area contributed by atoms with Crippen molar-refractivity contribution in [3.63, 3.8) is 0 Å². The quantitative estimate of drug-likeness (QED) is 0.375. The summed E-state index contributed by atoms with van der Waals surface area (Å²) in [7, 11) is -3.74. The minimum Gasteiger partial charge on any atom is -0.326 e. The van der Waals surface area contributed by atoms with E-state index in [1.54, 1.807) is 24.3 Å². The van der Waals surface area contributed by atoms with E-state index < -0.39 is 10.0 Å². The molecular weight excluding hydrogens is 553 g/mol. The lowest BCUT2D eigenvalue weighted by Gasteiger charge is -2.32. The third kappa shape index (κ3) is 5.76. The Morgan fingerprint density at radius 2 is 1.70 bits per heavy atom. The molecule has 37 heavy (non-hydrogen) atoms. The van der Waals surface area contributed by atoms with Gasteiger partial charge >= 0.3 is 0 Å². The number of piperidine rings is 1. The van der Waals surface area contributed by atoms with Crippen molar-refractivity contribution >= 4 is 62.1 Å². The average Bonchev–Trinajstić information content (AvgIpc) is 3.30. The van der Waals surface area contributed by atoms with Gasteiger partial charge in [-0.1, -0.05) is 46.9 Å². The van der Waals surface area contributed by atoms with Gasteiger partial charge in [0, 0.05) is 40.4 Å². The molecule has 1 saturated heterocycles. The zero-order chi connectivity index (χ0) is 26.2. The second kappa shape index (κ2) is 10.8. The Balaban J connectivity index is 1.28. The number of hydrogen-bond acceptors (Lipinski definition) is 4. The van der Waals surface area contributed by atoms with Gasteiger partial charge in [0.2, 0.25) is 5.91 Å². The number of hydrogen-bond donors (Lipinski definition) is 1. The van der Waals surface area contributed by atoms with Crippen LogP contribution in [-0.4, -0.2) is 38.9 Å². The van der Waals surface area contributed by atoms with E-state index in [2.05, 4.69) is 10.2 Å². The van der Waals surface area contributed by atoms with Gasteiger partial charge in [0.15, 0.2) is 0 Å². The maximum absolute atomic E-state index is 13.3. The number of sulfonamides is 1. The first kappa shape index (κ1) is 26.3. The molecule has 0 aliphatic carbocycles. The van der Waals surface area contributed by atoms with Gasteiger partial charge in [-0.2, -0.15) is 0 Å². The number of rotatable bonds is 6. The molecule has 194 valence electrons. The molecule has 2 aliphatic rings. The number of nitrogens with zero attached hydrogens (tertiary/aromatic N) is 2. The summed E-state index contributed by atoms with van der Waals surface area (Å²) in [5.41, 5.74) is 3.09. The van der Waals surface area contributed by atoms with E-state index in [4.69, 9.17) is 34.8 Å². The summed E-state index contributed by atoms with van der Waals surface area (Å²) in [5, 5.41) is 4.71. The topological polar surface area (TPSA) is 69.7 Å². The van der Waals surface area contributed by atoms with E-state index in [0.29, 0.717) is 52.5 Å². The molecule has 0 saturated carbocycles. The number of fused-ring (bicyclic) bond motifs is 1. The maximum Gasteiger partial charge on any atom is 0.264 e. The molecule has 0 unspecified atom stereocenters. The highest BCUT2D eigenvalue weighted by Crippen LogP contribution is 2.35. The van der Waals surface area contributed by atoms with Crippen LogP contribution in [-0.2, 0) is 27.8 Å². The van der Waals surface area contributed by atoms with Crippen molar-refractivity contribution in [3.05, 3.63) is 86.9 Å². The minimum absolute atomic E-state index is 0.0723. The normalized spacial score (nSPS) is 18.0. The van der Waals surface area contributed by atoms with Crippen molar-refractivity contribution in [2.45, 2.75) is 30.7 Å². The number of anilines is 2. The molecule has 0 spiro atoms. The van der Waals surface area contributed by atoms with Crippen LogP contribution in [0.4, 0.5) is 11.4 Å². The second-order valence-corrected chi connectivity index (χ2v) is 12.6. The molecule has 1 amide bonds. The van der Waals surface area contributed by atoms with Crippen LogP contribution in [0.1, 0.15) is 24.0 Å². The Labute approximate surface area is 232 Å². The molecule has 0 aromatic heterocycles. The summed E-state index contributed by atoms with van der Waals surface area (Å²) in [6, 6.07) is 17.1. The highest BCUT2D eigenvalue weighted by molar-refractivity contribution is 7.92. The lowest BCUT2D eigenvalue weighted by molar-refractivity contribution is -0.121. The predicted molar refractivity (Wildman–Crippen MR) is 149 cm³/mol. The lowest BCUT2D eigenvalue weighted by atomic mass is 9.96. The van der Waals surface area contributed by atoms with Gasteiger partial charge in [0.25, 0.3) is 10.0 Å². The minimum atomic E-state index is -3.74. The van der Waals surface area contributed by atoms with Crippen LogP contribution in [0.3, 0.4) is 0 Å². The summed E-state index contributed by atoms with van der Waals surface area (Å²) in [6.45, 7) is 2.50. The van der Waals surface area contributed by atoms with Crippen LogP contribution < -0.4 is 9.62 Å². The van der Waals surface area contributed by atoms with Gasteiger partial charge in [-0.05, 0) is 85.5 Å². The summed E-state index contributed by atoms with van der Waals surface area (Å²) in [5.74, 6) is -0.251. The van der Waals surface area contributed by atoms with Gasteiger partial charge in [0.05, 0.1) is 16.5 Å². The third-order valence-corrected chi connectivity index (χ3v) is 9.56. The molecule has 0 bridgehead atoms. The SMILES string of the molecule is O=C(Nc1ccc2c(c1)N(S(=O)(=O)c1ccc(Cl)cc1)CC2)[C@H]1CCCN(Cc2ccc(Cl)cc2Cl)C1. The first-order valence-electron chi connectivity index (χ1n) is 12.1. The van der Waals surface area contributed by atoms with Gasteiger partial charge < -0.3 is 5.32 Å². The Bertz CT molecular complexity index is 1430. The van der Waals surface area contributed by atoms with Crippen LogP contribution in [0.25, 0.3) is 0 Å². The third-order valence-electron chi connectivity index (χ3n) is 6.89. The molecule has 1 fully saturated rings. The Hall–Kier alpha value is -2.29. The van der Waals surface area contributed by atoms with Gasteiger partial charge in [-0.25, -0.2) is 8.42 Å². The van der Waals surface area contributed by atoms with E-state index in [9.17, 15) is 13.2 Å². The highest BCUT2D eigenvalue weighted by Gasteiger charge is 2.32. The van der Waals surface area contributed by atoms with Crippen LogP contribution in [0.2, 0.25) is 15.1 Å². The molecule has 3 aromatic rings. The van der Waals surface area contributed by atoms with Gasteiger partial charge in [-0.3, -0.25) is 14.0 Å². The molecule has 5 rings (SSSR count). The van der Waals surface area contributed by atoms with Gasteiger partial charge in [-0.15, -0.1) is 0 Å². The van der Waals surface area contributed by atoms with Crippen LogP contribution in [0, 0.1) is 5.92 Å². The summed E-state index contributed by atoms with van der Waals surface area (Å²) in [6.07, 6.45) is 2.31. The van der Waals surface area contributed by atoms with E-state index in [1.165, 1.54) is 16.4 Å². The van der Waals surface area contributed by atoms with Gasteiger partial charge in [0.1, 0.15) is 0 Å². The molecule has 10 heteroatoms. The molecule has 2 aliphatic heterocycles. The number of nitrogens with one attached hydrogen (secondary N) is 1. The largest absolute Gasteiger partial charge is 0.326 e. The number of likely N-dealkylation sites (tertiary alicyclic amines) is 1. The zero-order valence-corrected chi connectivity index (χ0v) is 23.0. The molecule has 1 atom stereocenters. The lowest BCUT2D eigenvalue weighted by Crippen LogP contribution is -2.40. The fraction of sp³-hybridized carbons (Fsp3) is 0.296. The van der Waals surface area contributed by atoms with Crippen molar-refractivity contribution in [2.75, 3.05) is 29.3 Å². The Morgan fingerprint density at radius 1 is 0.946 bits per heavy atom. The summed E-state index contributed by atoms with van der Waals surface area (Å²) < 4.78 is 28.0. The van der Waals surface area contributed by atoms with Crippen molar-refractivity contribution in [1.82, 2.24) is 4.90 Å². The van der Waals surface area contributed by atoms with E-state index in [-0.39, 0.29) is 16.7 Å². The standard InChI is InChI=1S/C27H26Cl3N3O3S/c28-21-6-9-24(10-7-21)37(35,36)33-13-11-18-4-8-23(15-26(18)33)31-27(34)20-2-1-12-32(17-20)16-19-3-5-22(29)14-25(19)30/h3-10,14-15,20H,1-2,11-13,16-17H2,(H,31,34)/t20-/m0/s1. The predicted octanol–water partition coefficient (Wildman–Crippen LogP) is 6.25. The highest BCUT2D eigenvalue weighted by atomic mass is 35.5. The first-order chi connectivity index (χ1) is 17.7. The van der Waals surface area contributed by atoms with E-state index in [0.717, 1.165) is 30.5 Å². The molecule has 1 N–H and O–H groups in total. The number of benzene rings is 3. The number of carbonyl (C=O) groups is 1. The smallest absolute Gasteiger partial charge is 0.264 e. The van der Waals surface area contributed by atoms with Crippen molar-refractivity contribution in [3.8, 4) is 0 Å². The summed E-state index contributed by atoms with van der Waals surface area (Å²) >= 11 is 18.3. The van der Waals surface area contributed by atoms with Crippen molar-refractivity contribution in [1.29, 1.82) is 0 Å². The van der Waals surface area contributed by atoms with E-state index >= 15 is 0 Å². The van der Waals surface area contributed by atoms with Crippen LogP contribution in [0.15, 0.2) is 65.6 Å². The second-order valence-electron chi connectivity index (χ2n) is 9.42.